The van der Waals surface area contributed by atoms with E-state index in [9.17, 15) is 4.79 Å². The molecular formula is C18H15NO2. The zero-order valence-corrected chi connectivity index (χ0v) is 11.5. The largest absolute Gasteiger partial charge is 0.453 e. The standard InChI is InChI=1S/C18H15NO2/c20-16(18-10-12-5-1-4-8-17(12)21-18)9-13-11-19-15-7-3-2-6-14(13)15/h1-8,10,13,19H,9,11H2. The minimum absolute atomic E-state index is 0.0645. The Labute approximate surface area is 122 Å². The molecule has 1 aromatic heterocycles. The van der Waals surface area contributed by atoms with Crippen molar-refractivity contribution in [1.29, 1.82) is 0 Å². The first-order valence-corrected chi connectivity index (χ1v) is 7.16. The van der Waals surface area contributed by atoms with E-state index in [0.29, 0.717) is 12.2 Å². The highest BCUT2D eigenvalue weighted by Gasteiger charge is 2.25. The topological polar surface area (TPSA) is 42.2 Å². The van der Waals surface area contributed by atoms with E-state index in [4.69, 9.17) is 4.42 Å². The van der Waals surface area contributed by atoms with Crippen molar-refractivity contribution in [3.63, 3.8) is 0 Å². The Morgan fingerprint density at radius 1 is 1.14 bits per heavy atom. The Kier molecular flexibility index (Phi) is 2.78. The fourth-order valence-corrected chi connectivity index (χ4v) is 2.98. The molecule has 3 nitrogen and oxygen atoms in total. The highest BCUT2D eigenvalue weighted by molar-refractivity contribution is 5.98. The number of anilines is 1. The fraction of sp³-hybridized carbons (Fsp3) is 0.167. The van der Waals surface area contributed by atoms with Gasteiger partial charge in [0.05, 0.1) is 0 Å². The lowest BCUT2D eigenvalue weighted by atomic mass is 9.95. The number of benzene rings is 2. The molecule has 4 rings (SSSR count). The Hall–Kier alpha value is -2.55. The molecule has 0 fully saturated rings. The molecule has 1 aliphatic heterocycles. The van der Waals surface area contributed by atoms with Crippen LogP contribution in [0.25, 0.3) is 11.0 Å². The van der Waals surface area contributed by atoms with Gasteiger partial charge in [-0.1, -0.05) is 36.4 Å². The third kappa shape index (κ3) is 2.11. The molecular weight excluding hydrogens is 262 g/mol. The van der Waals surface area contributed by atoms with Gasteiger partial charge in [0.25, 0.3) is 0 Å². The van der Waals surface area contributed by atoms with Crippen LogP contribution in [0.15, 0.2) is 59.0 Å². The summed E-state index contributed by atoms with van der Waals surface area (Å²) in [7, 11) is 0. The average molecular weight is 277 g/mol. The number of fused-ring (bicyclic) bond motifs is 2. The summed E-state index contributed by atoms with van der Waals surface area (Å²) in [4.78, 5) is 12.5. The molecule has 3 heteroatoms. The summed E-state index contributed by atoms with van der Waals surface area (Å²) in [6, 6.07) is 17.7. The predicted molar refractivity (Wildman–Crippen MR) is 82.8 cm³/mol. The lowest BCUT2D eigenvalue weighted by molar-refractivity contribution is 0.0951. The van der Waals surface area contributed by atoms with E-state index in [1.54, 1.807) is 0 Å². The lowest BCUT2D eigenvalue weighted by Crippen LogP contribution is -2.08. The molecule has 1 unspecified atom stereocenters. The Morgan fingerprint density at radius 3 is 2.86 bits per heavy atom. The van der Waals surface area contributed by atoms with Crippen LogP contribution >= 0.6 is 0 Å². The van der Waals surface area contributed by atoms with Crippen LogP contribution in [-0.2, 0) is 0 Å². The smallest absolute Gasteiger partial charge is 0.198 e. The third-order valence-electron chi connectivity index (χ3n) is 4.07. The van der Waals surface area contributed by atoms with E-state index in [1.807, 2.05) is 42.5 Å². The number of hydrogen-bond donors (Lipinski definition) is 1. The van der Waals surface area contributed by atoms with Gasteiger partial charge in [0, 0.05) is 30.0 Å². The first-order chi connectivity index (χ1) is 10.3. The van der Waals surface area contributed by atoms with Gasteiger partial charge in [0.15, 0.2) is 11.5 Å². The zero-order chi connectivity index (χ0) is 14.2. The number of furan rings is 1. The van der Waals surface area contributed by atoms with Crippen molar-refractivity contribution in [3.05, 3.63) is 65.9 Å². The van der Waals surface area contributed by atoms with Crippen LogP contribution in [0, 0.1) is 0 Å². The SMILES string of the molecule is O=C(CC1CNc2ccccc21)c1cc2ccccc2o1. The molecule has 1 N–H and O–H groups in total. The van der Waals surface area contributed by atoms with Gasteiger partial charge in [-0.05, 0) is 23.8 Å². The number of hydrogen-bond acceptors (Lipinski definition) is 3. The van der Waals surface area contributed by atoms with Gasteiger partial charge in [0.2, 0.25) is 0 Å². The van der Waals surface area contributed by atoms with Crippen molar-refractivity contribution in [3.8, 4) is 0 Å². The number of nitrogens with one attached hydrogen (secondary N) is 1. The fourth-order valence-electron chi connectivity index (χ4n) is 2.98. The second-order valence-corrected chi connectivity index (χ2v) is 5.44. The minimum Gasteiger partial charge on any atom is -0.453 e. The molecule has 1 aliphatic rings. The molecule has 0 saturated heterocycles. The molecule has 0 aliphatic carbocycles. The first kappa shape index (κ1) is 12.2. The number of carbonyl (C=O) groups excluding carboxylic acids is 1. The van der Waals surface area contributed by atoms with Crippen LogP contribution in [0.5, 0.6) is 0 Å². The third-order valence-corrected chi connectivity index (χ3v) is 4.07. The summed E-state index contributed by atoms with van der Waals surface area (Å²) in [5.41, 5.74) is 3.13. The number of carbonyl (C=O) groups is 1. The summed E-state index contributed by atoms with van der Waals surface area (Å²) in [5.74, 6) is 0.747. The van der Waals surface area contributed by atoms with Gasteiger partial charge in [-0.2, -0.15) is 0 Å². The average Bonchev–Trinajstić information content (AvgIpc) is 3.11. The van der Waals surface area contributed by atoms with Gasteiger partial charge >= 0.3 is 0 Å². The highest BCUT2D eigenvalue weighted by Crippen LogP contribution is 2.34. The van der Waals surface area contributed by atoms with Crippen LogP contribution in [0.3, 0.4) is 0 Å². The second-order valence-electron chi connectivity index (χ2n) is 5.44. The van der Waals surface area contributed by atoms with Crippen molar-refractivity contribution in [2.75, 3.05) is 11.9 Å². The molecule has 3 aromatic rings. The number of Topliss-reactive ketones (excluding diaryl/α,β-unsaturated/α-hetero) is 1. The van der Waals surface area contributed by atoms with E-state index >= 15 is 0 Å². The molecule has 2 heterocycles. The van der Waals surface area contributed by atoms with E-state index < -0.39 is 0 Å². The van der Waals surface area contributed by atoms with Crippen molar-refractivity contribution in [2.45, 2.75) is 12.3 Å². The van der Waals surface area contributed by atoms with E-state index in [1.165, 1.54) is 5.56 Å². The maximum Gasteiger partial charge on any atom is 0.198 e. The molecule has 0 saturated carbocycles. The number of ketones is 1. The molecule has 0 spiro atoms. The maximum atomic E-state index is 12.5. The van der Waals surface area contributed by atoms with E-state index in [0.717, 1.165) is 23.2 Å². The normalized spacial score (nSPS) is 16.7. The van der Waals surface area contributed by atoms with Gasteiger partial charge in [-0.25, -0.2) is 0 Å². The maximum absolute atomic E-state index is 12.5. The lowest BCUT2D eigenvalue weighted by Gasteiger charge is -2.07. The van der Waals surface area contributed by atoms with Crippen LogP contribution in [0.2, 0.25) is 0 Å². The van der Waals surface area contributed by atoms with Gasteiger partial charge in [-0.15, -0.1) is 0 Å². The van der Waals surface area contributed by atoms with Crippen LogP contribution in [0.1, 0.15) is 28.5 Å². The van der Waals surface area contributed by atoms with Crippen molar-refractivity contribution < 1.29 is 9.21 Å². The number of rotatable bonds is 3. The summed E-state index contributed by atoms with van der Waals surface area (Å²) in [6.45, 7) is 0.811. The predicted octanol–water partition coefficient (Wildman–Crippen LogP) is 4.21. The molecule has 0 radical (unpaired) electrons. The second kappa shape index (κ2) is 4.77. The molecule has 104 valence electrons. The molecule has 2 aromatic carbocycles. The van der Waals surface area contributed by atoms with Gasteiger partial charge in [0.1, 0.15) is 5.58 Å². The number of para-hydroxylation sites is 2. The van der Waals surface area contributed by atoms with Gasteiger partial charge < -0.3 is 9.73 Å². The summed E-state index contributed by atoms with van der Waals surface area (Å²) in [5, 5.41) is 4.33. The molecule has 1 atom stereocenters. The van der Waals surface area contributed by atoms with Crippen LogP contribution < -0.4 is 5.32 Å². The Balaban J connectivity index is 1.59. The Bertz CT molecular complexity index is 786. The molecule has 0 bridgehead atoms. The molecule has 0 amide bonds. The van der Waals surface area contributed by atoms with Crippen LogP contribution in [0.4, 0.5) is 5.69 Å². The van der Waals surface area contributed by atoms with E-state index in [2.05, 4.69) is 17.4 Å². The van der Waals surface area contributed by atoms with Crippen molar-refractivity contribution >= 4 is 22.4 Å². The van der Waals surface area contributed by atoms with Crippen molar-refractivity contribution in [1.82, 2.24) is 0 Å². The van der Waals surface area contributed by atoms with Crippen molar-refractivity contribution in [2.24, 2.45) is 0 Å². The summed E-state index contributed by atoms with van der Waals surface area (Å²) < 4.78 is 5.66. The Morgan fingerprint density at radius 2 is 1.95 bits per heavy atom. The first-order valence-electron chi connectivity index (χ1n) is 7.16. The quantitative estimate of drug-likeness (QED) is 0.729. The summed E-state index contributed by atoms with van der Waals surface area (Å²) >= 11 is 0. The van der Waals surface area contributed by atoms with Gasteiger partial charge in [-0.3, -0.25) is 4.79 Å². The monoisotopic (exact) mass is 277 g/mol. The molecule has 21 heavy (non-hydrogen) atoms. The minimum atomic E-state index is 0.0645. The highest BCUT2D eigenvalue weighted by atomic mass is 16.3. The van der Waals surface area contributed by atoms with E-state index in [-0.39, 0.29) is 11.7 Å². The summed E-state index contributed by atoms with van der Waals surface area (Å²) in [6.07, 6.45) is 0.476. The van der Waals surface area contributed by atoms with Crippen LogP contribution in [-0.4, -0.2) is 12.3 Å². The zero-order valence-electron chi connectivity index (χ0n) is 11.5.